The van der Waals surface area contributed by atoms with E-state index in [1.807, 2.05) is 30.4 Å². The Balaban J connectivity index is 1.10. The van der Waals surface area contributed by atoms with E-state index in [9.17, 15) is 0 Å². The lowest BCUT2D eigenvalue weighted by Crippen LogP contribution is -2.03. The monoisotopic (exact) mass is 754 g/mol. The van der Waals surface area contributed by atoms with Crippen LogP contribution < -0.4 is 0 Å². The summed E-state index contributed by atoms with van der Waals surface area (Å²) in [6, 6.07) is 62.2. The molecular formula is C54H34N4O. The summed E-state index contributed by atoms with van der Waals surface area (Å²) in [5.41, 5.74) is 13.4. The molecule has 0 unspecified atom stereocenters. The molecule has 8 aromatic carbocycles. The number of furan rings is 1. The maximum absolute atomic E-state index is 6.20. The molecule has 12 rings (SSSR count). The SMILES string of the molecule is C=C/C=C\c1cc2c(cc1-c1ccc3c(c1)c1ccccc1n3-c1ccccc1)c1ccccc1n2-c1nc(-c2ccc3oc4ccccc4c3c2)c2ccccc2n1. The predicted molar refractivity (Wildman–Crippen MR) is 246 cm³/mol. The van der Waals surface area contributed by atoms with Gasteiger partial charge in [-0.15, -0.1) is 0 Å². The number of hydrogen-bond acceptors (Lipinski definition) is 3. The molecule has 5 nitrogen and oxygen atoms in total. The highest BCUT2D eigenvalue weighted by Crippen LogP contribution is 2.41. The second-order valence-corrected chi connectivity index (χ2v) is 15.0. The molecule has 0 atom stereocenters. The molecule has 276 valence electrons. The van der Waals surface area contributed by atoms with Gasteiger partial charge in [-0.25, -0.2) is 9.97 Å². The van der Waals surface area contributed by atoms with Gasteiger partial charge >= 0.3 is 0 Å². The van der Waals surface area contributed by atoms with Gasteiger partial charge in [0.25, 0.3) is 0 Å². The molecule has 0 aliphatic rings. The lowest BCUT2D eigenvalue weighted by atomic mass is 9.95. The van der Waals surface area contributed by atoms with Crippen molar-refractivity contribution in [2.45, 2.75) is 0 Å². The Labute approximate surface area is 339 Å². The van der Waals surface area contributed by atoms with Crippen molar-refractivity contribution in [1.82, 2.24) is 19.1 Å². The second kappa shape index (κ2) is 13.0. The number of hydrogen-bond donors (Lipinski definition) is 0. The molecule has 0 radical (unpaired) electrons. The molecular weight excluding hydrogens is 721 g/mol. The van der Waals surface area contributed by atoms with Gasteiger partial charge in [0.1, 0.15) is 11.2 Å². The molecule has 0 spiro atoms. The summed E-state index contributed by atoms with van der Waals surface area (Å²) in [5, 5.41) is 7.83. The molecule has 0 saturated carbocycles. The van der Waals surface area contributed by atoms with Gasteiger partial charge in [0.15, 0.2) is 0 Å². The molecule has 59 heavy (non-hydrogen) atoms. The summed E-state index contributed by atoms with van der Waals surface area (Å²) in [6.07, 6.45) is 6.00. The third kappa shape index (κ3) is 5.12. The van der Waals surface area contributed by atoms with Crippen molar-refractivity contribution in [2.24, 2.45) is 0 Å². The van der Waals surface area contributed by atoms with Gasteiger partial charge in [-0.3, -0.25) is 4.57 Å². The predicted octanol–water partition coefficient (Wildman–Crippen LogP) is 14.3. The van der Waals surface area contributed by atoms with Crippen LogP contribution in [0, 0.1) is 0 Å². The van der Waals surface area contributed by atoms with E-state index in [-0.39, 0.29) is 0 Å². The van der Waals surface area contributed by atoms with Crippen LogP contribution in [0.1, 0.15) is 5.56 Å². The largest absolute Gasteiger partial charge is 0.456 e. The molecule has 0 fully saturated rings. The van der Waals surface area contributed by atoms with Crippen LogP contribution >= 0.6 is 0 Å². The Hall–Kier alpha value is -8.02. The lowest BCUT2D eigenvalue weighted by molar-refractivity contribution is 0.669. The van der Waals surface area contributed by atoms with Gasteiger partial charge in [-0.05, 0) is 95.6 Å². The average Bonchev–Trinajstić information content (AvgIpc) is 3.94. The second-order valence-electron chi connectivity index (χ2n) is 15.0. The van der Waals surface area contributed by atoms with E-state index >= 15 is 0 Å². The van der Waals surface area contributed by atoms with E-state index in [0.717, 1.165) is 88.3 Å². The smallest absolute Gasteiger partial charge is 0.235 e. The minimum absolute atomic E-state index is 0.614. The van der Waals surface area contributed by atoms with Crippen molar-refractivity contribution < 1.29 is 4.42 Å². The number of fused-ring (bicyclic) bond motifs is 10. The van der Waals surface area contributed by atoms with Crippen molar-refractivity contribution in [3.63, 3.8) is 0 Å². The van der Waals surface area contributed by atoms with Crippen LogP contribution in [0.4, 0.5) is 0 Å². The zero-order valence-corrected chi connectivity index (χ0v) is 31.9. The number of para-hydroxylation sites is 5. The molecule has 0 N–H and O–H groups in total. The van der Waals surface area contributed by atoms with Crippen LogP contribution in [-0.4, -0.2) is 19.1 Å². The molecule has 0 aliphatic carbocycles. The fourth-order valence-electron chi connectivity index (χ4n) is 9.06. The number of nitrogens with zero attached hydrogens (tertiary/aromatic N) is 4. The van der Waals surface area contributed by atoms with Crippen LogP contribution in [0.2, 0.25) is 0 Å². The third-order valence-corrected chi connectivity index (χ3v) is 11.7. The minimum Gasteiger partial charge on any atom is -0.456 e. The molecule has 0 saturated heterocycles. The quantitative estimate of drug-likeness (QED) is 0.159. The first-order valence-corrected chi connectivity index (χ1v) is 19.9. The number of rotatable bonds is 6. The van der Waals surface area contributed by atoms with Gasteiger partial charge in [0.2, 0.25) is 5.95 Å². The van der Waals surface area contributed by atoms with Gasteiger partial charge in [-0.2, -0.15) is 0 Å². The molecule has 4 heterocycles. The topological polar surface area (TPSA) is 48.8 Å². The number of benzene rings is 8. The Morgan fingerprint density at radius 2 is 1.08 bits per heavy atom. The van der Waals surface area contributed by atoms with Crippen LogP contribution in [0.15, 0.2) is 199 Å². The van der Waals surface area contributed by atoms with Crippen LogP contribution in [0.25, 0.3) is 117 Å². The molecule has 0 amide bonds. The Morgan fingerprint density at radius 1 is 0.458 bits per heavy atom. The summed E-state index contributed by atoms with van der Waals surface area (Å²) in [7, 11) is 0. The van der Waals surface area contributed by atoms with Gasteiger partial charge in [0, 0.05) is 49.0 Å². The number of aromatic nitrogens is 4. The lowest BCUT2D eigenvalue weighted by Gasteiger charge is -2.13. The summed E-state index contributed by atoms with van der Waals surface area (Å²) < 4.78 is 10.8. The van der Waals surface area contributed by atoms with Crippen molar-refractivity contribution in [1.29, 1.82) is 0 Å². The van der Waals surface area contributed by atoms with E-state index in [0.29, 0.717) is 5.95 Å². The van der Waals surface area contributed by atoms with Gasteiger partial charge in [-0.1, -0.05) is 122 Å². The van der Waals surface area contributed by atoms with E-state index < -0.39 is 0 Å². The highest BCUT2D eigenvalue weighted by atomic mass is 16.3. The van der Waals surface area contributed by atoms with Crippen LogP contribution in [0.3, 0.4) is 0 Å². The van der Waals surface area contributed by atoms with Crippen LogP contribution in [-0.2, 0) is 0 Å². The summed E-state index contributed by atoms with van der Waals surface area (Å²) in [4.78, 5) is 10.7. The van der Waals surface area contributed by atoms with Gasteiger partial charge in [0.05, 0.1) is 33.3 Å². The van der Waals surface area contributed by atoms with E-state index in [1.54, 1.807) is 0 Å². The van der Waals surface area contributed by atoms with Crippen molar-refractivity contribution in [3.8, 4) is 34.0 Å². The summed E-state index contributed by atoms with van der Waals surface area (Å²) in [5.74, 6) is 0.614. The maximum atomic E-state index is 6.20. The zero-order valence-electron chi connectivity index (χ0n) is 31.9. The molecule has 0 bridgehead atoms. The maximum Gasteiger partial charge on any atom is 0.235 e. The first-order valence-electron chi connectivity index (χ1n) is 19.9. The minimum atomic E-state index is 0.614. The van der Waals surface area contributed by atoms with E-state index in [2.05, 4.69) is 180 Å². The van der Waals surface area contributed by atoms with Gasteiger partial charge < -0.3 is 8.98 Å². The Morgan fingerprint density at radius 3 is 1.90 bits per heavy atom. The first-order chi connectivity index (χ1) is 29.2. The first kappa shape index (κ1) is 33.2. The number of allylic oxidation sites excluding steroid dienone is 2. The van der Waals surface area contributed by atoms with E-state index in [1.165, 1.54) is 21.8 Å². The standard InChI is InChI=1S/C54H34N4O/c1-2-3-15-34-32-50-44(33-42(34)35-26-28-49-43(30-35)38-18-8-12-23-47(38)57(49)37-16-5-4-6-17-37)39-19-9-13-24-48(39)58(50)54-55-46-22-11-7-21-41(46)53(56-54)36-27-29-52-45(31-36)40-20-10-14-25-51(40)59-52/h2-33H,1H2/b15-3-. The van der Waals surface area contributed by atoms with Crippen LogP contribution in [0.5, 0.6) is 0 Å². The highest BCUT2D eigenvalue weighted by Gasteiger charge is 2.21. The summed E-state index contributed by atoms with van der Waals surface area (Å²) in [6.45, 7) is 4.03. The third-order valence-electron chi connectivity index (χ3n) is 11.7. The average molecular weight is 755 g/mol. The zero-order chi connectivity index (χ0) is 39.0. The Kier molecular flexibility index (Phi) is 7.31. The van der Waals surface area contributed by atoms with E-state index in [4.69, 9.17) is 14.4 Å². The molecule has 0 aliphatic heterocycles. The molecule has 5 heteroatoms. The fourth-order valence-corrected chi connectivity index (χ4v) is 9.06. The summed E-state index contributed by atoms with van der Waals surface area (Å²) >= 11 is 0. The normalized spacial score (nSPS) is 12.1. The highest BCUT2D eigenvalue weighted by molar-refractivity contribution is 6.14. The van der Waals surface area contributed by atoms with Crippen molar-refractivity contribution in [3.05, 3.63) is 200 Å². The van der Waals surface area contributed by atoms with Crippen molar-refractivity contribution in [2.75, 3.05) is 0 Å². The fraction of sp³-hybridized carbons (Fsp3) is 0. The Bertz CT molecular complexity index is 3700. The van der Waals surface area contributed by atoms with Crippen molar-refractivity contribution >= 4 is 82.5 Å². The molecule has 12 aromatic rings. The molecule has 4 aromatic heterocycles.